The molecule has 0 bridgehead atoms. The minimum Gasteiger partial charge on any atom is -0.394 e. The molecule has 0 spiro atoms. The lowest BCUT2D eigenvalue weighted by Gasteiger charge is -2.44. The van der Waals surface area contributed by atoms with E-state index in [4.69, 9.17) is 4.74 Å². The number of halogens is 3. The van der Waals surface area contributed by atoms with E-state index >= 15 is 0 Å². The van der Waals surface area contributed by atoms with Crippen LogP contribution in [0.3, 0.4) is 0 Å². The maximum absolute atomic E-state index is 13.7. The molecule has 1 saturated heterocycles. The van der Waals surface area contributed by atoms with Crippen molar-refractivity contribution in [2.75, 3.05) is 20.2 Å². The Labute approximate surface area is 222 Å². The van der Waals surface area contributed by atoms with Crippen LogP contribution in [0.5, 0.6) is 0 Å². The average molecular weight is 563 g/mol. The lowest BCUT2D eigenvalue weighted by Crippen LogP contribution is -2.57. The molecule has 3 rings (SSSR count). The molecule has 38 heavy (non-hydrogen) atoms. The minimum absolute atomic E-state index is 0.0672. The third-order valence-corrected chi connectivity index (χ3v) is 8.57. The van der Waals surface area contributed by atoms with Gasteiger partial charge >= 0.3 is 0 Å². The average Bonchev–Trinajstić information content (AvgIpc) is 3.39. The van der Waals surface area contributed by atoms with Crippen molar-refractivity contribution in [3.63, 3.8) is 0 Å². The SMILES string of the molecule is CCN(C)C(=O)[C@@H](S[C@@H]1O[C@H](CO)[C@H](O)[C@H](n2cc(-c3cc(F)c(F)c(F)c3)nn2)[C@H]1O)C(O)(CC)CC. The van der Waals surface area contributed by atoms with Crippen molar-refractivity contribution in [2.24, 2.45) is 0 Å². The number of hydrogen-bond donors (Lipinski definition) is 4. The molecule has 4 N–H and O–H groups in total. The van der Waals surface area contributed by atoms with Gasteiger partial charge in [-0.1, -0.05) is 19.1 Å². The molecule has 0 aliphatic carbocycles. The van der Waals surface area contributed by atoms with Crippen LogP contribution in [-0.2, 0) is 9.53 Å². The number of benzene rings is 1. The maximum atomic E-state index is 13.7. The molecule has 212 valence electrons. The Morgan fingerprint density at radius 3 is 2.32 bits per heavy atom. The fourth-order valence-corrected chi connectivity index (χ4v) is 5.96. The van der Waals surface area contributed by atoms with Crippen molar-refractivity contribution in [2.45, 2.75) is 74.3 Å². The number of nitrogens with zero attached hydrogens (tertiary/aromatic N) is 4. The van der Waals surface area contributed by atoms with Crippen molar-refractivity contribution >= 4 is 17.7 Å². The third kappa shape index (κ3) is 5.84. The van der Waals surface area contributed by atoms with E-state index < -0.39 is 64.7 Å². The van der Waals surface area contributed by atoms with Gasteiger partial charge in [-0.2, -0.15) is 0 Å². The van der Waals surface area contributed by atoms with Gasteiger partial charge in [-0.05, 0) is 31.9 Å². The molecule has 6 atom stereocenters. The predicted octanol–water partition coefficient (Wildman–Crippen LogP) is 1.47. The quantitative estimate of drug-likeness (QED) is 0.317. The van der Waals surface area contributed by atoms with Crippen LogP contribution in [-0.4, -0.2) is 101 Å². The summed E-state index contributed by atoms with van der Waals surface area (Å²) in [6.45, 7) is 4.97. The summed E-state index contributed by atoms with van der Waals surface area (Å²) in [6.07, 6.45) is -2.54. The van der Waals surface area contributed by atoms with Gasteiger partial charge in [0.05, 0.1) is 18.4 Å². The van der Waals surface area contributed by atoms with Gasteiger partial charge in [0, 0.05) is 19.2 Å². The molecular formula is C24H33F3N4O6S. The largest absolute Gasteiger partial charge is 0.394 e. The second kappa shape index (κ2) is 12.3. The highest BCUT2D eigenvalue weighted by Crippen LogP contribution is 2.41. The summed E-state index contributed by atoms with van der Waals surface area (Å²) < 4.78 is 47.7. The van der Waals surface area contributed by atoms with Crippen molar-refractivity contribution < 1.29 is 43.1 Å². The summed E-state index contributed by atoms with van der Waals surface area (Å²) in [5.74, 6) is -4.88. The lowest BCUT2D eigenvalue weighted by molar-refractivity contribution is -0.179. The van der Waals surface area contributed by atoms with E-state index in [-0.39, 0.29) is 30.0 Å². The normalized spacial score (nSPS) is 24.9. The number of carbonyl (C=O) groups excluding carboxylic acids is 1. The van der Waals surface area contributed by atoms with Crippen molar-refractivity contribution in [3.05, 3.63) is 35.8 Å². The Morgan fingerprint density at radius 1 is 1.18 bits per heavy atom. The van der Waals surface area contributed by atoms with E-state index in [0.29, 0.717) is 6.54 Å². The predicted molar refractivity (Wildman–Crippen MR) is 132 cm³/mol. The van der Waals surface area contributed by atoms with Crippen LogP contribution < -0.4 is 0 Å². The fraction of sp³-hybridized carbons (Fsp3) is 0.625. The molecule has 1 fully saturated rings. The number of aliphatic hydroxyl groups is 4. The van der Waals surface area contributed by atoms with Gasteiger partial charge in [0.1, 0.15) is 40.7 Å². The van der Waals surface area contributed by atoms with Crippen molar-refractivity contribution in [1.29, 1.82) is 0 Å². The van der Waals surface area contributed by atoms with E-state index in [0.717, 1.165) is 28.6 Å². The fourth-order valence-electron chi connectivity index (χ4n) is 4.28. The molecule has 1 amide bonds. The molecule has 1 aliphatic rings. The zero-order chi connectivity index (χ0) is 28.4. The third-order valence-electron chi connectivity index (χ3n) is 7.00. The number of ether oxygens (including phenoxy) is 1. The molecule has 10 nitrogen and oxygen atoms in total. The van der Waals surface area contributed by atoms with Crippen LogP contribution >= 0.6 is 11.8 Å². The highest BCUT2D eigenvalue weighted by molar-refractivity contribution is 8.01. The first-order chi connectivity index (χ1) is 17.9. The zero-order valence-electron chi connectivity index (χ0n) is 21.5. The number of thioether (sulfide) groups is 1. The molecule has 2 aromatic rings. The lowest BCUT2D eigenvalue weighted by atomic mass is 9.92. The topological polar surface area (TPSA) is 141 Å². The van der Waals surface area contributed by atoms with Crippen molar-refractivity contribution in [3.8, 4) is 11.3 Å². The molecule has 0 radical (unpaired) electrons. The molecule has 0 unspecified atom stereocenters. The summed E-state index contributed by atoms with van der Waals surface area (Å²) in [5.41, 5.74) is -2.83. The van der Waals surface area contributed by atoms with E-state index in [2.05, 4.69) is 10.3 Å². The highest BCUT2D eigenvalue weighted by atomic mass is 32.2. The standard InChI is InChI=1S/C24H33F3N4O6S/c1-5-24(36,6-2)21(22(35)30(4)7-3)38-23-20(34)18(19(33)16(11-32)37-23)31-10-15(28-29-31)12-8-13(25)17(27)14(26)9-12/h8-10,16,18-21,23,32-34,36H,5-7,11H2,1-4H3/t16-,18+,19+,20-,21-,23+/m1/s1. The number of carbonyl (C=O) groups is 1. The second-order valence-electron chi connectivity index (χ2n) is 9.21. The van der Waals surface area contributed by atoms with Crippen LogP contribution in [0.2, 0.25) is 0 Å². The minimum atomic E-state index is -1.64. The van der Waals surface area contributed by atoms with Crippen LogP contribution in [0.25, 0.3) is 11.3 Å². The number of aliphatic hydroxyl groups excluding tert-OH is 3. The van der Waals surface area contributed by atoms with Gasteiger partial charge in [-0.3, -0.25) is 4.79 Å². The Bertz CT molecular complexity index is 1100. The summed E-state index contributed by atoms with van der Waals surface area (Å²) in [7, 11) is 1.58. The molecule has 1 aromatic heterocycles. The number of amides is 1. The zero-order valence-corrected chi connectivity index (χ0v) is 22.3. The number of hydrogen-bond acceptors (Lipinski definition) is 9. The van der Waals surface area contributed by atoms with Crippen LogP contribution in [0, 0.1) is 17.5 Å². The Balaban J connectivity index is 1.97. The van der Waals surface area contributed by atoms with E-state index in [9.17, 15) is 38.4 Å². The maximum Gasteiger partial charge on any atom is 0.238 e. The van der Waals surface area contributed by atoms with E-state index in [1.807, 2.05) is 0 Å². The van der Waals surface area contributed by atoms with Gasteiger partial charge in [0.2, 0.25) is 5.91 Å². The Kier molecular flexibility index (Phi) is 9.81. The molecule has 1 aromatic carbocycles. The first kappa shape index (κ1) is 30.3. The first-order valence-electron chi connectivity index (χ1n) is 12.2. The summed E-state index contributed by atoms with van der Waals surface area (Å²) in [5, 5.41) is 49.9. The Hall–Kier alpha value is -2.23. The van der Waals surface area contributed by atoms with E-state index in [1.54, 1.807) is 27.8 Å². The molecule has 14 heteroatoms. The van der Waals surface area contributed by atoms with Crippen LogP contribution in [0.15, 0.2) is 18.3 Å². The van der Waals surface area contributed by atoms with Gasteiger partial charge in [-0.15, -0.1) is 16.9 Å². The first-order valence-corrected chi connectivity index (χ1v) is 13.2. The van der Waals surface area contributed by atoms with E-state index in [1.165, 1.54) is 11.1 Å². The molecule has 0 saturated carbocycles. The Morgan fingerprint density at radius 2 is 1.79 bits per heavy atom. The van der Waals surface area contributed by atoms with Crippen molar-refractivity contribution in [1.82, 2.24) is 19.9 Å². The summed E-state index contributed by atoms with van der Waals surface area (Å²) in [6, 6.07) is 0.205. The highest BCUT2D eigenvalue weighted by Gasteiger charge is 2.50. The summed E-state index contributed by atoms with van der Waals surface area (Å²) in [4.78, 5) is 14.7. The smallest absolute Gasteiger partial charge is 0.238 e. The molecule has 1 aliphatic heterocycles. The van der Waals surface area contributed by atoms with Gasteiger partial charge in [0.15, 0.2) is 17.5 Å². The van der Waals surface area contributed by atoms with Gasteiger partial charge in [-0.25, -0.2) is 17.9 Å². The summed E-state index contributed by atoms with van der Waals surface area (Å²) >= 11 is 0.872. The van der Waals surface area contributed by atoms with Crippen LogP contribution in [0.1, 0.15) is 39.7 Å². The van der Waals surface area contributed by atoms with Gasteiger partial charge in [0.25, 0.3) is 0 Å². The monoisotopic (exact) mass is 562 g/mol. The molecular weight excluding hydrogens is 529 g/mol. The number of rotatable bonds is 10. The van der Waals surface area contributed by atoms with Crippen LogP contribution in [0.4, 0.5) is 13.2 Å². The number of aromatic nitrogens is 3. The van der Waals surface area contributed by atoms with Gasteiger partial charge < -0.3 is 30.1 Å². The molecule has 2 heterocycles. The second-order valence-corrected chi connectivity index (χ2v) is 10.4.